The van der Waals surface area contributed by atoms with E-state index in [1.165, 1.54) is 12.8 Å². The highest BCUT2D eigenvalue weighted by atomic mass is 16.5. The quantitative estimate of drug-likeness (QED) is 0.803. The molecule has 1 N–H and O–H groups in total. The lowest BCUT2D eigenvalue weighted by atomic mass is 9.44. The second-order valence-electron chi connectivity index (χ2n) is 9.29. The Morgan fingerprint density at radius 2 is 1.78 bits per heavy atom. The fraction of sp³-hybridized carbons (Fsp3) is 0.950. The van der Waals surface area contributed by atoms with Gasteiger partial charge in [0.25, 0.3) is 0 Å². The summed E-state index contributed by atoms with van der Waals surface area (Å²) >= 11 is 0. The summed E-state index contributed by atoms with van der Waals surface area (Å²) in [6.07, 6.45) is 8.30. The second kappa shape index (κ2) is 5.29. The Morgan fingerprint density at radius 1 is 1.00 bits per heavy atom. The molecule has 0 heterocycles. The number of carbonyl (C=O) groups is 1. The van der Waals surface area contributed by atoms with Gasteiger partial charge in [0, 0.05) is 18.9 Å². The van der Waals surface area contributed by atoms with Crippen LogP contribution < -0.4 is 0 Å². The van der Waals surface area contributed by atoms with E-state index in [4.69, 9.17) is 4.74 Å². The lowest BCUT2D eigenvalue weighted by Crippen LogP contribution is -2.58. The molecule has 0 aromatic heterocycles. The van der Waals surface area contributed by atoms with Crippen molar-refractivity contribution in [1.29, 1.82) is 0 Å². The molecule has 3 nitrogen and oxygen atoms in total. The van der Waals surface area contributed by atoms with Crippen molar-refractivity contribution in [2.45, 2.75) is 77.4 Å². The summed E-state index contributed by atoms with van der Waals surface area (Å²) in [5, 5.41) is 10.4. The molecule has 0 bridgehead atoms. The van der Waals surface area contributed by atoms with Crippen LogP contribution in [-0.2, 0) is 9.53 Å². The zero-order valence-electron chi connectivity index (χ0n) is 14.9. The van der Waals surface area contributed by atoms with Gasteiger partial charge in [-0.3, -0.25) is 4.79 Å². The molecule has 4 rings (SSSR count). The van der Waals surface area contributed by atoms with Crippen LogP contribution in [0.25, 0.3) is 0 Å². The molecule has 3 heteroatoms. The zero-order valence-corrected chi connectivity index (χ0v) is 14.9. The van der Waals surface area contributed by atoms with Gasteiger partial charge in [0.2, 0.25) is 0 Å². The molecule has 0 amide bonds. The monoisotopic (exact) mass is 320 g/mol. The van der Waals surface area contributed by atoms with E-state index in [-0.39, 0.29) is 23.0 Å². The van der Waals surface area contributed by atoms with Gasteiger partial charge in [-0.2, -0.15) is 0 Å². The summed E-state index contributed by atoms with van der Waals surface area (Å²) in [6, 6.07) is 0. The van der Waals surface area contributed by atoms with E-state index in [2.05, 4.69) is 13.8 Å². The van der Waals surface area contributed by atoms with E-state index in [1.54, 1.807) is 7.11 Å². The van der Waals surface area contributed by atoms with E-state index in [0.29, 0.717) is 23.5 Å². The molecule has 0 aromatic carbocycles. The summed E-state index contributed by atoms with van der Waals surface area (Å²) in [5.41, 5.74) is 0.259. The highest BCUT2D eigenvalue weighted by molar-refractivity contribution is 5.87. The number of methoxy groups -OCH3 is 1. The first-order valence-corrected chi connectivity index (χ1v) is 9.66. The Hall–Kier alpha value is -0.410. The van der Waals surface area contributed by atoms with Gasteiger partial charge in [-0.05, 0) is 74.0 Å². The van der Waals surface area contributed by atoms with Crippen molar-refractivity contribution < 1.29 is 14.6 Å². The SMILES string of the molecule is CO[C@H]1[C@H]2CC[C@@H]3[C@H](CC[C@@]4(C)C(=O)CC[C@@H]34)[C@]2(C)CC[C@@H]1O. The number of Topliss-reactive ketones (excluding diaryl/α,β-unsaturated/α-hetero) is 1. The van der Waals surface area contributed by atoms with Crippen LogP contribution in [0.5, 0.6) is 0 Å². The predicted octanol–water partition coefficient (Wildman–Crippen LogP) is 3.58. The number of ether oxygens (including phenoxy) is 1. The lowest BCUT2D eigenvalue weighted by Gasteiger charge is -2.61. The van der Waals surface area contributed by atoms with Gasteiger partial charge in [0.05, 0.1) is 12.2 Å². The molecule has 0 unspecified atom stereocenters. The summed E-state index contributed by atoms with van der Waals surface area (Å²) in [5.74, 6) is 3.06. The first-order valence-electron chi connectivity index (χ1n) is 9.66. The summed E-state index contributed by atoms with van der Waals surface area (Å²) in [7, 11) is 1.76. The first kappa shape index (κ1) is 16.1. The number of hydrogen-bond acceptors (Lipinski definition) is 3. The van der Waals surface area contributed by atoms with Crippen molar-refractivity contribution in [3.8, 4) is 0 Å². The molecule has 0 aliphatic heterocycles. The van der Waals surface area contributed by atoms with Gasteiger partial charge in [0.1, 0.15) is 5.78 Å². The molecule has 0 spiro atoms. The maximum atomic E-state index is 12.5. The molecule has 0 aromatic rings. The molecule has 0 radical (unpaired) electrons. The predicted molar refractivity (Wildman–Crippen MR) is 88.9 cm³/mol. The van der Waals surface area contributed by atoms with Crippen LogP contribution in [0.1, 0.15) is 65.2 Å². The fourth-order valence-corrected chi connectivity index (χ4v) is 7.38. The first-order chi connectivity index (χ1) is 10.9. The van der Waals surface area contributed by atoms with Crippen LogP contribution in [0.2, 0.25) is 0 Å². The van der Waals surface area contributed by atoms with Crippen LogP contribution in [-0.4, -0.2) is 30.2 Å². The molecule has 4 saturated carbocycles. The number of hydrogen-bond donors (Lipinski definition) is 1. The molecule has 0 saturated heterocycles. The van der Waals surface area contributed by atoms with Gasteiger partial charge >= 0.3 is 0 Å². The van der Waals surface area contributed by atoms with Crippen LogP contribution in [0, 0.1) is 34.5 Å². The number of aliphatic hydroxyl groups is 1. The highest BCUT2D eigenvalue weighted by Gasteiger charge is 2.61. The number of rotatable bonds is 1. The molecule has 4 aliphatic rings. The van der Waals surface area contributed by atoms with Crippen LogP contribution in [0.15, 0.2) is 0 Å². The third-order valence-corrected chi connectivity index (χ3v) is 8.68. The molecule has 23 heavy (non-hydrogen) atoms. The highest BCUT2D eigenvalue weighted by Crippen LogP contribution is 2.65. The standard InChI is InChI=1S/C20H32O3/c1-19-11-9-16(21)18(23-3)15(19)5-4-12-13-6-7-17(22)20(13,2)10-8-14(12)19/h12-16,18,21H,4-11H2,1-3H3/t12-,13-,14-,15+,16-,18-,19-,20+/m0/s1. The largest absolute Gasteiger partial charge is 0.390 e. The Morgan fingerprint density at radius 3 is 2.52 bits per heavy atom. The van der Waals surface area contributed by atoms with E-state index < -0.39 is 0 Å². The van der Waals surface area contributed by atoms with Gasteiger partial charge in [-0.25, -0.2) is 0 Å². The Kier molecular flexibility index (Phi) is 3.70. The van der Waals surface area contributed by atoms with Crippen molar-refractivity contribution in [3.63, 3.8) is 0 Å². The molecule has 4 fully saturated rings. The average molecular weight is 320 g/mol. The van der Waals surface area contributed by atoms with E-state index >= 15 is 0 Å². The topological polar surface area (TPSA) is 46.5 Å². The Labute approximate surface area is 140 Å². The van der Waals surface area contributed by atoms with Crippen molar-refractivity contribution in [2.24, 2.45) is 34.5 Å². The molecule has 130 valence electrons. The summed E-state index contributed by atoms with van der Waals surface area (Å²) in [4.78, 5) is 12.5. The third-order valence-electron chi connectivity index (χ3n) is 8.68. The number of fused-ring (bicyclic) bond motifs is 5. The van der Waals surface area contributed by atoms with Gasteiger partial charge in [-0.15, -0.1) is 0 Å². The Balaban J connectivity index is 1.65. The summed E-state index contributed by atoms with van der Waals surface area (Å²) in [6.45, 7) is 4.71. The maximum Gasteiger partial charge on any atom is 0.139 e. The minimum atomic E-state index is -0.295. The van der Waals surface area contributed by atoms with Crippen molar-refractivity contribution in [2.75, 3.05) is 7.11 Å². The minimum Gasteiger partial charge on any atom is -0.390 e. The maximum absolute atomic E-state index is 12.5. The number of carbonyl (C=O) groups excluding carboxylic acids is 1. The van der Waals surface area contributed by atoms with Gasteiger partial charge in [-0.1, -0.05) is 13.8 Å². The molecular formula is C20H32O3. The summed E-state index contributed by atoms with van der Waals surface area (Å²) < 4.78 is 5.74. The fourth-order valence-electron chi connectivity index (χ4n) is 7.38. The normalized spacial score (nSPS) is 55.9. The number of aliphatic hydroxyl groups excluding tert-OH is 1. The van der Waals surface area contributed by atoms with E-state index in [9.17, 15) is 9.90 Å². The van der Waals surface area contributed by atoms with Gasteiger partial charge < -0.3 is 9.84 Å². The lowest BCUT2D eigenvalue weighted by molar-refractivity contribution is -0.180. The van der Waals surface area contributed by atoms with Gasteiger partial charge in [0.15, 0.2) is 0 Å². The zero-order chi connectivity index (χ0) is 16.4. The van der Waals surface area contributed by atoms with E-state index in [0.717, 1.165) is 44.4 Å². The van der Waals surface area contributed by atoms with Crippen LogP contribution in [0.4, 0.5) is 0 Å². The van der Waals surface area contributed by atoms with Crippen molar-refractivity contribution >= 4 is 5.78 Å². The molecule has 4 aliphatic carbocycles. The van der Waals surface area contributed by atoms with E-state index in [1.807, 2.05) is 0 Å². The average Bonchev–Trinajstić information content (AvgIpc) is 2.83. The minimum absolute atomic E-state index is 0.00761. The molecular weight excluding hydrogens is 288 g/mol. The second-order valence-corrected chi connectivity index (χ2v) is 9.29. The third kappa shape index (κ3) is 2.05. The van der Waals surface area contributed by atoms with Crippen molar-refractivity contribution in [1.82, 2.24) is 0 Å². The van der Waals surface area contributed by atoms with Crippen LogP contribution >= 0.6 is 0 Å². The smallest absolute Gasteiger partial charge is 0.139 e. The molecule has 8 atom stereocenters. The van der Waals surface area contributed by atoms with Crippen molar-refractivity contribution in [3.05, 3.63) is 0 Å². The number of ketones is 1. The Bertz CT molecular complexity index is 503. The van der Waals surface area contributed by atoms with Crippen LogP contribution in [0.3, 0.4) is 0 Å².